The lowest BCUT2D eigenvalue weighted by Crippen LogP contribution is -2.45. The van der Waals surface area contributed by atoms with Crippen LogP contribution in [0.2, 0.25) is 0 Å². The smallest absolute Gasteiger partial charge is 0.320 e. The molecular weight excluding hydrogens is 626 g/mol. The first kappa shape index (κ1) is 42.3. The van der Waals surface area contributed by atoms with Gasteiger partial charge in [0.1, 0.15) is 19.8 Å². The number of rotatable bonds is 29. The molecule has 0 heterocycles. The number of esters is 3. The monoisotopic (exact) mass is 700 g/mol. The average Bonchev–Trinajstić information content (AvgIpc) is 3.09. The molecule has 0 aromatic heterocycles. The molecule has 7 heteroatoms. The Morgan fingerprint density at radius 3 is 1.64 bits per heavy atom. The fourth-order valence-electron chi connectivity index (χ4n) is 9.06. The lowest BCUT2D eigenvalue weighted by molar-refractivity contribution is -0.154. The highest BCUT2D eigenvalue weighted by Gasteiger charge is 2.50. The molecular formula is C43H73NO6. The summed E-state index contributed by atoms with van der Waals surface area (Å²) in [6.07, 6.45) is 34.2. The van der Waals surface area contributed by atoms with Gasteiger partial charge in [-0.15, -0.1) is 0 Å². The minimum atomic E-state index is -0.373. The van der Waals surface area contributed by atoms with Crippen LogP contribution in [0.1, 0.15) is 162 Å². The highest BCUT2D eigenvalue weighted by atomic mass is 16.6. The number of ether oxygens (including phenoxy) is 3. The summed E-state index contributed by atoms with van der Waals surface area (Å²) >= 11 is 0. The van der Waals surface area contributed by atoms with Crippen LogP contribution in [0.4, 0.5) is 0 Å². The van der Waals surface area contributed by atoms with Gasteiger partial charge in [-0.2, -0.15) is 0 Å². The first-order valence-electron chi connectivity index (χ1n) is 20.8. The highest BCUT2D eigenvalue weighted by molar-refractivity contribution is 5.71. The van der Waals surface area contributed by atoms with Gasteiger partial charge in [0, 0.05) is 12.8 Å². The number of carbonyl (C=O) groups is 3. The summed E-state index contributed by atoms with van der Waals surface area (Å²) in [6.45, 7) is 8.26. The van der Waals surface area contributed by atoms with E-state index in [0.29, 0.717) is 18.3 Å². The molecule has 0 N–H and O–H groups in total. The molecule has 4 rings (SSSR count). The van der Waals surface area contributed by atoms with Crippen molar-refractivity contribution in [1.29, 1.82) is 0 Å². The first-order chi connectivity index (χ1) is 24.3. The molecule has 4 aliphatic carbocycles. The number of carbonyl (C=O) groups excluding carboxylic acids is 3. The molecule has 1 unspecified atom stereocenters. The molecule has 4 bridgehead atoms. The summed E-state index contributed by atoms with van der Waals surface area (Å²) in [7, 11) is 0. The van der Waals surface area contributed by atoms with Gasteiger partial charge in [0.05, 0.1) is 12.5 Å². The number of likely N-dealkylation sites (N-methyl/N-ethyl adjacent to an activating group) is 1. The molecule has 0 saturated heterocycles. The predicted octanol–water partition coefficient (Wildman–Crippen LogP) is 10.2. The molecule has 0 aliphatic heterocycles. The maximum absolute atomic E-state index is 12.8. The van der Waals surface area contributed by atoms with E-state index in [9.17, 15) is 14.4 Å². The minimum absolute atomic E-state index is 0.0683. The van der Waals surface area contributed by atoms with Gasteiger partial charge in [0.2, 0.25) is 0 Å². The lowest BCUT2D eigenvalue weighted by atomic mass is 9.48. The van der Waals surface area contributed by atoms with E-state index in [2.05, 4.69) is 31.2 Å². The Morgan fingerprint density at radius 2 is 1.10 bits per heavy atom. The second kappa shape index (κ2) is 24.9. The Labute approximate surface area is 305 Å². The van der Waals surface area contributed by atoms with Crippen molar-refractivity contribution in [1.82, 2.24) is 4.90 Å². The molecule has 7 nitrogen and oxygen atoms in total. The van der Waals surface area contributed by atoms with Crippen LogP contribution in [-0.4, -0.2) is 62.3 Å². The molecule has 0 spiro atoms. The topological polar surface area (TPSA) is 82.1 Å². The third kappa shape index (κ3) is 17.4. The predicted molar refractivity (Wildman–Crippen MR) is 203 cm³/mol. The Balaban J connectivity index is 1.27. The Kier molecular flexibility index (Phi) is 21.1. The molecule has 286 valence electrons. The summed E-state index contributed by atoms with van der Waals surface area (Å²) in [5.41, 5.74) is 0.465. The third-order valence-corrected chi connectivity index (χ3v) is 11.5. The third-order valence-electron chi connectivity index (χ3n) is 11.5. The van der Waals surface area contributed by atoms with Gasteiger partial charge in [-0.05, 0) is 126 Å². The van der Waals surface area contributed by atoms with Gasteiger partial charge in [-0.25, -0.2) is 0 Å². The van der Waals surface area contributed by atoms with E-state index in [4.69, 9.17) is 14.2 Å². The quantitative estimate of drug-likeness (QED) is 0.0333. The standard InChI is InChI=1S/C43H73NO6/c1-4-7-8-9-10-11-12-13-14-15-16-17-18-19-20-21-23-40(45)48-33-39(35-50-42(47)32-44(5-2)6-3)34-49-41(46)24-22-25-43-29-36-26-37(30-43)28-38(27-36)31-43/h10-11,13-14,36-39H,4-9,12,15-35H2,1-3H3/b11-10-,14-13-. The second-order valence-corrected chi connectivity index (χ2v) is 16.0. The lowest BCUT2D eigenvalue weighted by Gasteiger charge is -2.57. The summed E-state index contributed by atoms with van der Waals surface area (Å²) in [4.78, 5) is 39.7. The Hall–Kier alpha value is -2.15. The molecule has 4 fully saturated rings. The normalized spacial score (nSPS) is 23.2. The van der Waals surface area contributed by atoms with Gasteiger partial charge in [0.25, 0.3) is 0 Å². The van der Waals surface area contributed by atoms with E-state index < -0.39 is 0 Å². The van der Waals surface area contributed by atoms with E-state index in [0.717, 1.165) is 75.8 Å². The van der Waals surface area contributed by atoms with Crippen molar-refractivity contribution in [2.24, 2.45) is 29.1 Å². The van der Waals surface area contributed by atoms with Gasteiger partial charge in [-0.3, -0.25) is 19.3 Å². The van der Waals surface area contributed by atoms with E-state index in [1.54, 1.807) is 0 Å². The van der Waals surface area contributed by atoms with E-state index >= 15 is 0 Å². The second-order valence-electron chi connectivity index (χ2n) is 16.0. The van der Waals surface area contributed by atoms with Gasteiger partial charge < -0.3 is 14.2 Å². The minimum Gasteiger partial charge on any atom is -0.465 e. The molecule has 0 aromatic rings. The molecule has 4 saturated carbocycles. The first-order valence-corrected chi connectivity index (χ1v) is 20.8. The Morgan fingerprint density at radius 1 is 0.620 bits per heavy atom. The summed E-state index contributed by atoms with van der Waals surface area (Å²) in [5, 5.41) is 0. The number of allylic oxidation sites excluding steroid dienone is 4. The van der Waals surface area contributed by atoms with Crippen molar-refractivity contribution in [3.8, 4) is 0 Å². The number of hydrogen-bond acceptors (Lipinski definition) is 7. The number of unbranched alkanes of at least 4 members (excludes halogenated alkanes) is 9. The molecule has 50 heavy (non-hydrogen) atoms. The molecule has 0 amide bonds. The van der Waals surface area contributed by atoms with Crippen molar-refractivity contribution >= 4 is 17.9 Å². The van der Waals surface area contributed by atoms with Gasteiger partial charge >= 0.3 is 17.9 Å². The highest BCUT2D eigenvalue weighted by Crippen LogP contribution is 2.61. The number of hydrogen-bond donors (Lipinski definition) is 0. The van der Waals surface area contributed by atoms with E-state index in [-0.39, 0.29) is 50.2 Å². The van der Waals surface area contributed by atoms with E-state index in [1.165, 1.54) is 83.5 Å². The average molecular weight is 700 g/mol. The molecule has 0 aromatic carbocycles. The summed E-state index contributed by atoms with van der Waals surface area (Å²) in [6, 6.07) is 0. The van der Waals surface area contributed by atoms with Gasteiger partial charge in [0.15, 0.2) is 0 Å². The van der Waals surface area contributed by atoms with Crippen molar-refractivity contribution in [3.05, 3.63) is 24.3 Å². The zero-order valence-electron chi connectivity index (χ0n) is 32.3. The van der Waals surface area contributed by atoms with Crippen LogP contribution < -0.4 is 0 Å². The van der Waals surface area contributed by atoms with Crippen LogP contribution in [0.5, 0.6) is 0 Å². The summed E-state index contributed by atoms with van der Waals surface area (Å²) in [5.74, 6) is 1.62. The maximum atomic E-state index is 12.8. The largest absolute Gasteiger partial charge is 0.465 e. The zero-order valence-corrected chi connectivity index (χ0v) is 32.3. The van der Waals surface area contributed by atoms with Crippen molar-refractivity contribution < 1.29 is 28.6 Å². The molecule has 1 atom stereocenters. The van der Waals surface area contributed by atoms with Crippen LogP contribution in [-0.2, 0) is 28.6 Å². The maximum Gasteiger partial charge on any atom is 0.320 e. The van der Waals surface area contributed by atoms with Crippen molar-refractivity contribution in [3.63, 3.8) is 0 Å². The number of nitrogens with zero attached hydrogens (tertiary/aromatic N) is 1. The fraction of sp³-hybridized carbons (Fsp3) is 0.837. The SMILES string of the molecule is CCCCC/C=C\C/C=C\CCCCCCCCC(=O)OCC(COC(=O)CCCC12CC3CC(CC(C3)C1)C2)COC(=O)CN(CC)CC. The van der Waals surface area contributed by atoms with Crippen LogP contribution in [0.15, 0.2) is 24.3 Å². The van der Waals surface area contributed by atoms with Crippen LogP contribution >= 0.6 is 0 Å². The summed E-state index contributed by atoms with van der Waals surface area (Å²) < 4.78 is 16.8. The van der Waals surface area contributed by atoms with Crippen LogP contribution in [0, 0.1) is 29.1 Å². The van der Waals surface area contributed by atoms with Crippen LogP contribution in [0.3, 0.4) is 0 Å². The zero-order chi connectivity index (χ0) is 35.9. The van der Waals surface area contributed by atoms with Crippen molar-refractivity contribution in [2.75, 3.05) is 39.5 Å². The fourth-order valence-corrected chi connectivity index (χ4v) is 9.06. The van der Waals surface area contributed by atoms with Crippen molar-refractivity contribution in [2.45, 2.75) is 162 Å². The van der Waals surface area contributed by atoms with Crippen LogP contribution in [0.25, 0.3) is 0 Å². The molecule has 0 radical (unpaired) electrons. The molecule has 4 aliphatic rings. The van der Waals surface area contributed by atoms with E-state index in [1.807, 2.05) is 18.7 Å². The Bertz CT molecular complexity index is 982. The van der Waals surface area contributed by atoms with Gasteiger partial charge in [-0.1, -0.05) is 83.6 Å².